The number of methoxy groups -OCH3 is 1. The van der Waals surface area contributed by atoms with Gasteiger partial charge in [0.2, 0.25) is 0 Å². The molecule has 2 aromatic rings. The Bertz CT molecular complexity index is 900. The standard InChI is InChI=1S/C18H18O7S/c1-3-24-14-6-8-15(9-7-14)26(21,22)25-16-10-4-13(5-11-18(19)20)12-17(16)23-2/h4-12H,3H2,1-2H3,(H,19,20). The second-order valence-corrected chi connectivity index (χ2v) is 6.57. The van der Waals surface area contributed by atoms with Gasteiger partial charge in [0.05, 0.1) is 13.7 Å². The highest BCUT2D eigenvalue weighted by Gasteiger charge is 2.19. The average molecular weight is 378 g/mol. The van der Waals surface area contributed by atoms with E-state index in [0.717, 1.165) is 6.08 Å². The Morgan fingerprint density at radius 1 is 1.12 bits per heavy atom. The third kappa shape index (κ3) is 5.00. The van der Waals surface area contributed by atoms with Crippen LogP contribution in [0.3, 0.4) is 0 Å². The van der Waals surface area contributed by atoms with Crippen LogP contribution in [0.1, 0.15) is 12.5 Å². The van der Waals surface area contributed by atoms with Gasteiger partial charge in [-0.3, -0.25) is 0 Å². The smallest absolute Gasteiger partial charge is 0.339 e. The van der Waals surface area contributed by atoms with Crippen LogP contribution in [-0.2, 0) is 14.9 Å². The molecular formula is C18H18O7S. The molecule has 0 aliphatic heterocycles. The van der Waals surface area contributed by atoms with Crippen molar-refractivity contribution in [3.63, 3.8) is 0 Å². The van der Waals surface area contributed by atoms with Gasteiger partial charge in [0.25, 0.3) is 0 Å². The van der Waals surface area contributed by atoms with Crippen molar-refractivity contribution in [2.24, 2.45) is 0 Å². The van der Waals surface area contributed by atoms with Crippen molar-refractivity contribution in [1.29, 1.82) is 0 Å². The molecule has 2 aromatic carbocycles. The van der Waals surface area contributed by atoms with Crippen molar-refractivity contribution in [3.05, 3.63) is 54.1 Å². The zero-order chi connectivity index (χ0) is 19.2. The molecule has 0 bridgehead atoms. The molecule has 2 rings (SSSR count). The fraction of sp³-hybridized carbons (Fsp3) is 0.167. The molecule has 0 saturated carbocycles. The van der Waals surface area contributed by atoms with E-state index in [4.69, 9.17) is 18.8 Å². The van der Waals surface area contributed by atoms with Crippen LogP contribution in [0.4, 0.5) is 0 Å². The van der Waals surface area contributed by atoms with Crippen LogP contribution in [-0.4, -0.2) is 33.2 Å². The Balaban J connectivity index is 2.26. The molecule has 0 saturated heterocycles. The molecule has 138 valence electrons. The van der Waals surface area contributed by atoms with Crippen molar-refractivity contribution in [3.8, 4) is 17.2 Å². The summed E-state index contributed by atoms with van der Waals surface area (Å²) >= 11 is 0. The van der Waals surface area contributed by atoms with Crippen LogP contribution in [0.2, 0.25) is 0 Å². The van der Waals surface area contributed by atoms with Gasteiger partial charge in [0.15, 0.2) is 11.5 Å². The monoisotopic (exact) mass is 378 g/mol. The van der Waals surface area contributed by atoms with Gasteiger partial charge in [-0.2, -0.15) is 8.42 Å². The van der Waals surface area contributed by atoms with Crippen LogP contribution in [0.25, 0.3) is 6.08 Å². The predicted octanol–water partition coefficient (Wildman–Crippen LogP) is 2.96. The summed E-state index contributed by atoms with van der Waals surface area (Å²) in [7, 11) is -2.71. The van der Waals surface area contributed by atoms with Crippen molar-refractivity contribution in [1.82, 2.24) is 0 Å². The van der Waals surface area contributed by atoms with Gasteiger partial charge in [0, 0.05) is 6.08 Å². The molecule has 0 fully saturated rings. The summed E-state index contributed by atoms with van der Waals surface area (Å²) in [4.78, 5) is 10.5. The highest BCUT2D eigenvalue weighted by atomic mass is 32.2. The number of carbonyl (C=O) groups is 1. The first-order chi connectivity index (χ1) is 12.4. The Hall–Kier alpha value is -3.00. The summed E-state index contributed by atoms with van der Waals surface area (Å²) < 4.78 is 40.4. The van der Waals surface area contributed by atoms with Gasteiger partial charge in [-0.05, 0) is 55.0 Å². The van der Waals surface area contributed by atoms with Crippen molar-refractivity contribution < 1.29 is 32.0 Å². The van der Waals surface area contributed by atoms with E-state index < -0.39 is 16.1 Å². The minimum Gasteiger partial charge on any atom is -0.494 e. The number of hydrogen-bond donors (Lipinski definition) is 1. The minimum atomic E-state index is -4.06. The molecule has 0 aliphatic carbocycles. The Labute approximate surface area is 151 Å². The fourth-order valence-corrected chi connectivity index (χ4v) is 3.00. The predicted molar refractivity (Wildman–Crippen MR) is 95.1 cm³/mol. The number of rotatable bonds is 8. The summed E-state index contributed by atoms with van der Waals surface area (Å²) in [6.07, 6.45) is 2.32. The molecule has 0 amide bonds. The number of hydrogen-bond acceptors (Lipinski definition) is 6. The molecular weight excluding hydrogens is 360 g/mol. The van der Waals surface area contributed by atoms with Crippen LogP contribution < -0.4 is 13.7 Å². The summed E-state index contributed by atoms with van der Waals surface area (Å²) in [5.41, 5.74) is 0.523. The Morgan fingerprint density at radius 3 is 2.38 bits per heavy atom. The first-order valence-corrected chi connectivity index (χ1v) is 9.03. The number of ether oxygens (including phenoxy) is 2. The van der Waals surface area contributed by atoms with E-state index in [1.54, 1.807) is 0 Å². The van der Waals surface area contributed by atoms with E-state index in [9.17, 15) is 13.2 Å². The quantitative estimate of drug-likeness (QED) is 0.557. The third-order valence-electron chi connectivity index (χ3n) is 3.23. The summed E-state index contributed by atoms with van der Waals surface area (Å²) in [6.45, 7) is 2.30. The maximum absolute atomic E-state index is 12.4. The van der Waals surface area contributed by atoms with Crippen molar-refractivity contribution in [2.75, 3.05) is 13.7 Å². The Kier molecular flexibility index (Phi) is 6.24. The molecule has 0 atom stereocenters. The van der Waals surface area contributed by atoms with E-state index in [2.05, 4.69) is 0 Å². The first-order valence-electron chi connectivity index (χ1n) is 7.62. The maximum atomic E-state index is 12.4. The number of benzene rings is 2. The molecule has 0 aromatic heterocycles. The van der Waals surface area contributed by atoms with Gasteiger partial charge in [-0.25, -0.2) is 4.79 Å². The lowest BCUT2D eigenvalue weighted by Gasteiger charge is -2.12. The first kappa shape index (κ1) is 19.3. The highest BCUT2D eigenvalue weighted by molar-refractivity contribution is 7.87. The van der Waals surface area contributed by atoms with E-state index in [-0.39, 0.29) is 16.4 Å². The van der Waals surface area contributed by atoms with E-state index in [1.807, 2.05) is 6.92 Å². The van der Waals surface area contributed by atoms with Crippen molar-refractivity contribution >= 4 is 22.2 Å². The summed E-state index contributed by atoms with van der Waals surface area (Å²) in [6, 6.07) is 10.2. The van der Waals surface area contributed by atoms with Gasteiger partial charge in [-0.1, -0.05) is 6.07 Å². The van der Waals surface area contributed by atoms with Crippen molar-refractivity contribution in [2.45, 2.75) is 11.8 Å². The van der Waals surface area contributed by atoms with Crippen LogP contribution >= 0.6 is 0 Å². The topological polar surface area (TPSA) is 99.1 Å². The molecule has 0 spiro atoms. The normalized spacial score (nSPS) is 11.3. The Morgan fingerprint density at radius 2 is 1.81 bits per heavy atom. The molecule has 0 unspecified atom stereocenters. The number of carboxylic acid groups (broad SMARTS) is 1. The van der Waals surface area contributed by atoms with Crippen LogP contribution in [0.15, 0.2) is 53.4 Å². The minimum absolute atomic E-state index is 0.00569. The second-order valence-electron chi connectivity index (χ2n) is 5.02. The van der Waals surface area contributed by atoms with E-state index in [1.165, 1.54) is 55.7 Å². The molecule has 26 heavy (non-hydrogen) atoms. The van der Waals surface area contributed by atoms with Gasteiger partial charge in [-0.15, -0.1) is 0 Å². The largest absolute Gasteiger partial charge is 0.494 e. The average Bonchev–Trinajstić information content (AvgIpc) is 2.61. The lowest BCUT2D eigenvalue weighted by atomic mass is 10.2. The molecule has 7 nitrogen and oxygen atoms in total. The second kappa shape index (κ2) is 8.39. The maximum Gasteiger partial charge on any atom is 0.339 e. The molecule has 8 heteroatoms. The van der Waals surface area contributed by atoms with E-state index >= 15 is 0 Å². The highest BCUT2D eigenvalue weighted by Crippen LogP contribution is 2.31. The fourth-order valence-electron chi connectivity index (χ4n) is 2.06. The van der Waals surface area contributed by atoms with Gasteiger partial charge in [0.1, 0.15) is 10.6 Å². The SMILES string of the molecule is CCOc1ccc(S(=O)(=O)Oc2ccc(C=CC(=O)O)cc2OC)cc1. The summed E-state index contributed by atoms with van der Waals surface area (Å²) in [5.74, 6) is -0.387. The third-order valence-corrected chi connectivity index (χ3v) is 4.48. The number of aliphatic carboxylic acids is 1. The van der Waals surface area contributed by atoms with Gasteiger partial charge < -0.3 is 18.8 Å². The molecule has 0 aliphatic rings. The lowest BCUT2D eigenvalue weighted by Crippen LogP contribution is -2.10. The van der Waals surface area contributed by atoms with Gasteiger partial charge >= 0.3 is 16.1 Å². The molecule has 0 radical (unpaired) electrons. The van der Waals surface area contributed by atoms with Crippen LogP contribution in [0, 0.1) is 0 Å². The number of carboxylic acids is 1. The summed E-state index contributed by atoms with van der Waals surface area (Å²) in [5, 5.41) is 8.66. The molecule has 0 heterocycles. The zero-order valence-corrected chi connectivity index (χ0v) is 15.0. The zero-order valence-electron chi connectivity index (χ0n) is 14.2. The lowest BCUT2D eigenvalue weighted by molar-refractivity contribution is -0.131. The van der Waals surface area contributed by atoms with Crippen LogP contribution in [0.5, 0.6) is 17.2 Å². The van der Waals surface area contributed by atoms with E-state index in [0.29, 0.717) is 17.9 Å². The molecule has 1 N–H and O–H groups in total.